The van der Waals surface area contributed by atoms with Crippen LogP contribution in [-0.4, -0.2) is 18.4 Å². The predicted octanol–water partition coefficient (Wildman–Crippen LogP) is 3.28. The van der Waals surface area contributed by atoms with Gasteiger partial charge in [-0.15, -0.1) is 0 Å². The standard InChI is InChI=1S/C17H24O3/c1-5-20-15(19)12-9-17-11(3)10(2)8-16(17,4)7-6-13(17)14(12)18/h12-13H,5-9H2,1-4H3/t12?,13-,16-,17-/m0/s1. The lowest BCUT2D eigenvalue weighted by Gasteiger charge is -2.39. The van der Waals surface area contributed by atoms with Crippen LogP contribution >= 0.6 is 0 Å². The third kappa shape index (κ3) is 1.41. The maximum Gasteiger partial charge on any atom is 0.316 e. The molecule has 3 nitrogen and oxygen atoms in total. The van der Waals surface area contributed by atoms with Gasteiger partial charge in [0.05, 0.1) is 6.61 Å². The highest BCUT2D eigenvalue weighted by atomic mass is 16.5. The normalized spacial score (nSPS) is 42.9. The van der Waals surface area contributed by atoms with Gasteiger partial charge in [0.15, 0.2) is 5.78 Å². The Hall–Kier alpha value is -1.12. The van der Waals surface area contributed by atoms with Crippen LogP contribution in [-0.2, 0) is 14.3 Å². The van der Waals surface area contributed by atoms with Gasteiger partial charge in [0, 0.05) is 11.3 Å². The molecule has 0 saturated heterocycles. The molecule has 2 saturated carbocycles. The zero-order valence-electron chi connectivity index (χ0n) is 12.9. The first-order valence-electron chi connectivity index (χ1n) is 7.74. The number of allylic oxidation sites excluding steroid dienone is 2. The second-order valence-corrected chi connectivity index (χ2v) is 7.12. The molecule has 20 heavy (non-hydrogen) atoms. The van der Waals surface area contributed by atoms with Crippen LogP contribution in [0.15, 0.2) is 11.1 Å². The lowest BCUT2D eigenvalue weighted by molar-refractivity contribution is -0.151. The molecule has 3 aliphatic rings. The Morgan fingerprint density at radius 3 is 2.75 bits per heavy atom. The van der Waals surface area contributed by atoms with Gasteiger partial charge in [0.1, 0.15) is 5.92 Å². The summed E-state index contributed by atoms with van der Waals surface area (Å²) in [6.07, 6.45) is 3.80. The van der Waals surface area contributed by atoms with Crippen molar-refractivity contribution in [2.75, 3.05) is 6.61 Å². The molecule has 4 atom stereocenters. The van der Waals surface area contributed by atoms with Gasteiger partial charge >= 0.3 is 5.97 Å². The van der Waals surface area contributed by atoms with Crippen LogP contribution in [0.5, 0.6) is 0 Å². The average molecular weight is 276 g/mol. The van der Waals surface area contributed by atoms with Crippen molar-refractivity contribution in [3.8, 4) is 0 Å². The quantitative estimate of drug-likeness (QED) is 0.441. The molecule has 0 bridgehead atoms. The van der Waals surface area contributed by atoms with Crippen LogP contribution in [0.4, 0.5) is 0 Å². The molecule has 0 aliphatic heterocycles. The first-order valence-corrected chi connectivity index (χ1v) is 7.74. The van der Waals surface area contributed by atoms with Crippen molar-refractivity contribution < 1.29 is 14.3 Å². The third-order valence-electron chi connectivity index (χ3n) is 6.41. The van der Waals surface area contributed by atoms with Crippen LogP contribution in [0.25, 0.3) is 0 Å². The van der Waals surface area contributed by atoms with E-state index in [1.807, 2.05) is 0 Å². The van der Waals surface area contributed by atoms with E-state index in [0.717, 1.165) is 19.3 Å². The van der Waals surface area contributed by atoms with Crippen molar-refractivity contribution in [1.82, 2.24) is 0 Å². The molecule has 1 unspecified atom stereocenters. The Morgan fingerprint density at radius 1 is 1.40 bits per heavy atom. The topological polar surface area (TPSA) is 43.4 Å². The summed E-state index contributed by atoms with van der Waals surface area (Å²) in [6.45, 7) is 8.83. The molecule has 0 radical (unpaired) electrons. The van der Waals surface area contributed by atoms with Crippen LogP contribution in [0.3, 0.4) is 0 Å². The smallest absolute Gasteiger partial charge is 0.316 e. The Kier molecular flexibility index (Phi) is 2.90. The van der Waals surface area contributed by atoms with Gasteiger partial charge in [-0.25, -0.2) is 0 Å². The highest BCUT2D eigenvalue weighted by Crippen LogP contribution is 2.72. The fraction of sp³-hybridized carbons (Fsp3) is 0.765. The van der Waals surface area contributed by atoms with Crippen molar-refractivity contribution in [3.05, 3.63) is 11.1 Å². The van der Waals surface area contributed by atoms with Crippen molar-refractivity contribution in [2.45, 2.75) is 53.4 Å². The maximum atomic E-state index is 12.7. The summed E-state index contributed by atoms with van der Waals surface area (Å²) in [5, 5.41) is 0. The van der Waals surface area contributed by atoms with Gasteiger partial charge in [-0.05, 0) is 51.9 Å². The lowest BCUT2D eigenvalue weighted by atomic mass is 9.63. The number of hydrogen-bond acceptors (Lipinski definition) is 3. The van der Waals surface area contributed by atoms with Gasteiger partial charge in [-0.2, -0.15) is 0 Å². The van der Waals surface area contributed by atoms with E-state index in [1.54, 1.807) is 6.92 Å². The van der Waals surface area contributed by atoms with E-state index in [0.29, 0.717) is 13.0 Å². The molecular formula is C17H24O3. The van der Waals surface area contributed by atoms with Crippen LogP contribution in [0.1, 0.15) is 53.4 Å². The minimum atomic E-state index is -0.527. The Morgan fingerprint density at radius 2 is 2.10 bits per heavy atom. The molecule has 2 fully saturated rings. The molecule has 3 aliphatic carbocycles. The summed E-state index contributed by atoms with van der Waals surface area (Å²) in [7, 11) is 0. The molecule has 0 aromatic carbocycles. The van der Waals surface area contributed by atoms with E-state index >= 15 is 0 Å². The molecule has 0 aromatic rings. The second kappa shape index (κ2) is 4.19. The number of ether oxygens (including phenoxy) is 1. The zero-order valence-corrected chi connectivity index (χ0v) is 12.9. The molecular weight excluding hydrogens is 252 g/mol. The van der Waals surface area contributed by atoms with Crippen molar-refractivity contribution in [3.63, 3.8) is 0 Å². The van der Waals surface area contributed by atoms with Crippen LogP contribution in [0, 0.1) is 22.7 Å². The SMILES string of the molecule is CCOC(=O)C1C[C@@]23C(C)=C(C)C[C@]2(C)CC[C@H]3C1=O. The highest BCUT2D eigenvalue weighted by Gasteiger charge is 2.69. The highest BCUT2D eigenvalue weighted by molar-refractivity contribution is 6.03. The molecule has 3 heteroatoms. The first kappa shape index (κ1) is 13.8. The minimum absolute atomic E-state index is 0.0411. The van der Waals surface area contributed by atoms with Gasteiger partial charge in [0.25, 0.3) is 0 Å². The summed E-state index contributed by atoms with van der Waals surface area (Å²) in [5.41, 5.74) is 2.91. The zero-order chi connectivity index (χ0) is 14.7. The Labute approximate surface area is 120 Å². The second-order valence-electron chi connectivity index (χ2n) is 7.12. The molecule has 3 rings (SSSR count). The molecule has 0 N–H and O–H groups in total. The number of rotatable bonds is 2. The van der Waals surface area contributed by atoms with Gasteiger partial charge in [0.2, 0.25) is 0 Å². The van der Waals surface area contributed by atoms with E-state index in [1.165, 1.54) is 11.1 Å². The summed E-state index contributed by atoms with van der Waals surface area (Å²) in [5.74, 6) is -0.651. The summed E-state index contributed by atoms with van der Waals surface area (Å²) in [6, 6.07) is 0. The van der Waals surface area contributed by atoms with E-state index in [2.05, 4.69) is 20.8 Å². The molecule has 1 spiro atoms. The summed E-state index contributed by atoms with van der Waals surface area (Å²) >= 11 is 0. The molecule has 0 amide bonds. The average Bonchev–Trinajstić information content (AvgIpc) is 2.90. The first-order chi connectivity index (χ1) is 9.37. The van der Waals surface area contributed by atoms with E-state index in [9.17, 15) is 9.59 Å². The van der Waals surface area contributed by atoms with Crippen LogP contribution in [0.2, 0.25) is 0 Å². The monoisotopic (exact) mass is 276 g/mol. The summed E-state index contributed by atoms with van der Waals surface area (Å²) in [4.78, 5) is 24.8. The third-order valence-corrected chi connectivity index (χ3v) is 6.41. The van der Waals surface area contributed by atoms with Crippen molar-refractivity contribution >= 4 is 11.8 Å². The van der Waals surface area contributed by atoms with Gasteiger partial charge < -0.3 is 4.74 Å². The van der Waals surface area contributed by atoms with E-state index in [-0.39, 0.29) is 28.5 Å². The minimum Gasteiger partial charge on any atom is -0.465 e. The van der Waals surface area contributed by atoms with E-state index < -0.39 is 5.92 Å². The van der Waals surface area contributed by atoms with Gasteiger partial charge in [-0.3, -0.25) is 9.59 Å². The van der Waals surface area contributed by atoms with Crippen molar-refractivity contribution in [2.24, 2.45) is 22.7 Å². The Balaban J connectivity index is 2.02. The molecule has 0 aromatic heterocycles. The lowest BCUT2D eigenvalue weighted by Crippen LogP contribution is -2.34. The Bertz CT molecular complexity index is 518. The fourth-order valence-corrected chi connectivity index (χ4v) is 5.45. The largest absolute Gasteiger partial charge is 0.465 e. The maximum absolute atomic E-state index is 12.7. The van der Waals surface area contributed by atoms with Gasteiger partial charge in [-0.1, -0.05) is 18.1 Å². The summed E-state index contributed by atoms with van der Waals surface area (Å²) < 4.78 is 5.13. The molecule has 110 valence electrons. The number of Topliss-reactive ketones (excluding diaryl/α,β-unsaturated/α-hetero) is 1. The number of carbonyl (C=O) groups excluding carboxylic acids is 2. The van der Waals surface area contributed by atoms with E-state index in [4.69, 9.17) is 4.74 Å². The van der Waals surface area contributed by atoms with Crippen molar-refractivity contribution in [1.29, 1.82) is 0 Å². The number of carbonyl (C=O) groups is 2. The molecule has 0 heterocycles. The predicted molar refractivity (Wildman–Crippen MR) is 76.0 cm³/mol. The number of hydrogen-bond donors (Lipinski definition) is 0. The number of esters is 1. The van der Waals surface area contributed by atoms with Crippen LogP contribution < -0.4 is 0 Å². The fourth-order valence-electron chi connectivity index (χ4n) is 5.45. The number of ketones is 1.